The Bertz CT molecular complexity index is 310. The summed E-state index contributed by atoms with van der Waals surface area (Å²) in [4.78, 5) is 14.3. The Morgan fingerprint density at radius 3 is 2.28 bits per heavy atom. The Kier molecular flexibility index (Phi) is 5.61. The summed E-state index contributed by atoms with van der Waals surface area (Å²) in [6.07, 6.45) is 3.22. The minimum Gasteiger partial charge on any atom is -0.378 e. The van der Waals surface area contributed by atoms with Gasteiger partial charge in [0.1, 0.15) is 5.41 Å². The molecule has 102 valence electrons. The quantitative estimate of drug-likeness (QED) is 0.754. The minimum absolute atomic E-state index is 0.00458. The molecule has 0 radical (unpaired) electrons. The van der Waals surface area contributed by atoms with Gasteiger partial charge in [-0.3, -0.25) is 4.79 Å². The summed E-state index contributed by atoms with van der Waals surface area (Å²) >= 11 is 0. The lowest BCUT2D eigenvalue weighted by molar-refractivity contribution is -0.142. The number of amides is 1. The van der Waals surface area contributed by atoms with Crippen molar-refractivity contribution in [2.24, 2.45) is 5.41 Å². The molecule has 1 fully saturated rings. The fourth-order valence-electron chi connectivity index (χ4n) is 2.52. The molecule has 18 heavy (non-hydrogen) atoms. The molecule has 0 aromatic carbocycles. The number of nitrogens with zero attached hydrogens (tertiary/aromatic N) is 2. The molecule has 1 rings (SSSR count). The number of rotatable bonds is 5. The molecule has 1 aliphatic heterocycles. The highest BCUT2D eigenvalue weighted by Crippen LogP contribution is 2.29. The van der Waals surface area contributed by atoms with Crippen molar-refractivity contribution in [1.82, 2.24) is 4.90 Å². The molecule has 4 heteroatoms. The second kappa shape index (κ2) is 6.75. The third-order valence-corrected chi connectivity index (χ3v) is 3.96. The maximum absolute atomic E-state index is 12.4. The van der Waals surface area contributed by atoms with Crippen LogP contribution in [0.4, 0.5) is 0 Å². The van der Waals surface area contributed by atoms with Crippen molar-refractivity contribution < 1.29 is 9.53 Å². The first-order chi connectivity index (χ1) is 8.63. The Labute approximate surface area is 110 Å². The number of nitriles is 1. The molecule has 4 nitrogen and oxygen atoms in total. The van der Waals surface area contributed by atoms with Crippen LogP contribution in [0.2, 0.25) is 0 Å². The van der Waals surface area contributed by atoms with E-state index in [0.717, 1.165) is 19.4 Å². The Morgan fingerprint density at radius 2 is 1.89 bits per heavy atom. The predicted octanol–water partition coefficient (Wildman–Crippen LogP) is 2.34. The van der Waals surface area contributed by atoms with Crippen LogP contribution in [-0.4, -0.2) is 36.6 Å². The van der Waals surface area contributed by atoms with Gasteiger partial charge in [0.15, 0.2) is 0 Å². The van der Waals surface area contributed by atoms with Crippen molar-refractivity contribution in [2.75, 3.05) is 19.7 Å². The first-order valence-corrected chi connectivity index (χ1v) is 6.95. The van der Waals surface area contributed by atoms with Crippen molar-refractivity contribution in [2.45, 2.75) is 52.6 Å². The van der Waals surface area contributed by atoms with Gasteiger partial charge in [-0.25, -0.2) is 0 Å². The summed E-state index contributed by atoms with van der Waals surface area (Å²) in [5.41, 5.74) is -0.821. The van der Waals surface area contributed by atoms with E-state index in [-0.39, 0.29) is 12.0 Å². The van der Waals surface area contributed by atoms with Crippen LogP contribution in [0, 0.1) is 16.7 Å². The molecule has 0 aromatic rings. The molecular weight excluding hydrogens is 228 g/mol. The topological polar surface area (TPSA) is 53.3 Å². The Hall–Kier alpha value is -1.08. The van der Waals surface area contributed by atoms with E-state index in [1.54, 1.807) is 0 Å². The maximum Gasteiger partial charge on any atom is 0.243 e. The van der Waals surface area contributed by atoms with Crippen LogP contribution in [0.3, 0.4) is 0 Å². The largest absolute Gasteiger partial charge is 0.378 e. The smallest absolute Gasteiger partial charge is 0.243 e. The van der Waals surface area contributed by atoms with E-state index < -0.39 is 5.41 Å². The summed E-state index contributed by atoms with van der Waals surface area (Å²) in [6.45, 7) is 7.98. The van der Waals surface area contributed by atoms with E-state index >= 15 is 0 Å². The SMILES string of the molecule is CCOC1CCN(C(=O)C(C#N)(CC)CC)CC1. The van der Waals surface area contributed by atoms with Gasteiger partial charge < -0.3 is 9.64 Å². The van der Waals surface area contributed by atoms with Gasteiger partial charge in [0.2, 0.25) is 5.91 Å². The van der Waals surface area contributed by atoms with Crippen LogP contribution in [0.15, 0.2) is 0 Å². The lowest BCUT2D eigenvalue weighted by Gasteiger charge is -2.36. The second-order valence-electron chi connectivity index (χ2n) is 4.85. The monoisotopic (exact) mass is 252 g/mol. The fraction of sp³-hybridized carbons (Fsp3) is 0.857. The Morgan fingerprint density at radius 1 is 1.33 bits per heavy atom. The lowest BCUT2D eigenvalue weighted by Crippen LogP contribution is -2.47. The van der Waals surface area contributed by atoms with Gasteiger partial charge in [-0.05, 0) is 32.6 Å². The predicted molar refractivity (Wildman–Crippen MR) is 69.9 cm³/mol. The molecule has 0 aliphatic carbocycles. The van der Waals surface area contributed by atoms with Crippen molar-refractivity contribution in [3.8, 4) is 6.07 Å². The number of carbonyl (C=O) groups excluding carboxylic acids is 1. The number of ether oxygens (including phenoxy) is 1. The van der Waals surface area contributed by atoms with Gasteiger partial charge in [0.05, 0.1) is 12.2 Å². The summed E-state index contributed by atoms with van der Waals surface area (Å²) < 4.78 is 5.57. The van der Waals surface area contributed by atoms with Crippen LogP contribution in [0.25, 0.3) is 0 Å². The molecule has 0 N–H and O–H groups in total. The van der Waals surface area contributed by atoms with Gasteiger partial charge in [-0.1, -0.05) is 13.8 Å². The van der Waals surface area contributed by atoms with Crippen LogP contribution in [0.1, 0.15) is 46.5 Å². The number of hydrogen-bond acceptors (Lipinski definition) is 3. The van der Waals surface area contributed by atoms with Crippen LogP contribution < -0.4 is 0 Å². The van der Waals surface area contributed by atoms with E-state index in [2.05, 4.69) is 6.07 Å². The number of hydrogen-bond donors (Lipinski definition) is 0. The second-order valence-corrected chi connectivity index (χ2v) is 4.85. The Balaban J connectivity index is 2.62. The highest BCUT2D eigenvalue weighted by molar-refractivity contribution is 5.85. The van der Waals surface area contributed by atoms with Crippen LogP contribution >= 0.6 is 0 Å². The average molecular weight is 252 g/mol. The summed E-state index contributed by atoms with van der Waals surface area (Å²) in [6, 6.07) is 2.23. The van der Waals surface area contributed by atoms with E-state index in [9.17, 15) is 10.1 Å². The third-order valence-electron chi connectivity index (χ3n) is 3.96. The molecule has 1 heterocycles. The molecule has 0 aromatic heterocycles. The fourth-order valence-corrected chi connectivity index (χ4v) is 2.52. The highest BCUT2D eigenvalue weighted by atomic mass is 16.5. The van der Waals surface area contributed by atoms with Crippen molar-refractivity contribution >= 4 is 5.91 Å². The van der Waals surface area contributed by atoms with E-state index in [4.69, 9.17) is 4.74 Å². The van der Waals surface area contributed by atoms with E-state index in [1.807, 2.05) is 25.7 Å². The number of carbonyl (C=O) groups is 1. The third kappa shape index (κ3) is 3.02. The molecule has 1 aliphatic rings. The van der Waals surface area contributed by atoms with Gasteiger partial charge in [-0.15, -0.1) is 0 Å². The average Bonchev–Trinajstić information content (AvgIpc) is 2.42. The number of piperidine rings is 1. The van der Waals surface area contributed by atoms with Crippen molar-refractivity contribution in [3.05, 3.63) is 0 Å². The maximum atomic E-state index is 12.4. The van der Waals surface area contributed by atoms with Gasteiger partial charge in [0.25, 0.3) is 0 Å². The number of likely N-dealkylation sites (tertiary alicyclic amines) is 1. The summed E-state index contributed by atoms with van der Waals surface area (Å²) in [7, 11) is 0. The minimum atomic E-state index is -0.821. The van der Waals surface area contributed by atoms with Gasteiger partial charge in [-0.2, -0.15) is 5.26 Å². The van der Waals surface area contributed by atoms with Crippen molar-refractivity contribution in [1.29, 1.82) is 5.26 Å². The summed E-state index contributed by atoms with van der Waals surface area (Å²) in [5, 5.41) is 9.29. The van der Waals surface area contributed by atoms with Crippen LogP contribution in [-0.2, 0) is 9.53 Å². The molecule has 0 atom stereocenters. The normalized spacial score (nSPS) is 17.6. The van der Waals surface area contributed by atoms with Gasteiger partial charge >= 0.3 is 0 Å². The highest BCUT2D eigenvalue weighted by Gasteiger charge is 2.39. The summed E-state index contributed by atoms with van der Waals surface area (Å²) in [5.74, 6) is 0.00458. The zero-order valence-corrected chi connectivity index (χ0v) is 11.7. The molecule has 0 unspecified atom stereocenters. The molecule has 0 bridgehead atoms. The molecule has 0 spiro atoms. The van der Waals surface area contributed by atoms with Crippen molar-refractivity contribution in [3.63, 3.8) is 0 Å². The molecule has 1 saturated heterocycles. The van der Waals surface area contributed by atoms with E-state index in [1.165, 1.54) is 0 Å². The van der Waals surface area contributed by atoms with E-state index in [0.29, 0.717) is 25.9 Å². The molecular formula is C14H24N2O2. The zero-order chi connectivity index (χ0) is 13.6. The molecule has 1 amide bonds. The first-order valence-electron chi connectivity index (χ1n) is 6.95. The lowest BCUT2D eigenvalue weighted by atomic mass is 9.82. The zero-order valence-electron chi connectivity index (χ0n) is 11.7. The van der Waals surface area contributed by atoms with Gasteiger partial charge in [0, 0.05) is 19.7 Å². The molecule has 0 saturated carbocycles. The van der Waals surface area contributed by atoms with Crippen LogP contribution in [0.5, 0.6) is 0 Å². The first kappa shape index (κ1) is 15.0. The standard InChI is InChI=1S/C14H24N2O2/c1-4-14(5-2,11-15)13(17)16-9-7-12(8-10-16)18-6-3/h12H,4-10H2,1-3H3.